The van der Waals surface area contributed by atoms with Crippen molar-refractivity contribution in [2.24, 2.45) is 5.41 Å². The predicted octanol–water partition coefficient (Wildman–Crippen LogP) is 1.33. The first-order chi connectivity index (χ1) is 11.3. The molecule has 6 nitrogen and oxygen atoms in total. The highest BCUT2D eigenvalue weighted by Gasteiger charge is 2.46. The minimum atomic E-state index is -5.39. The van der Waals surface area contributed by atoms with Crippen LogP contribution in [0.4, 0.5) is 18.9 Å². The molecule has 25 heavy (non-hydrogen) atoms. The third kappa shape index (κ3) is 5.35. The van der Waals surface area contributed by atoms with Crippen molar-refractivity contribution in [1.29, 1.82) is 5.26 Å². The zero-order valence-corrected chi connectivity index (χ0v) is 15.0. The summed E-state index contributed by atoms with van der Waals surface area (Å²) in [5.41, 5.74) is -5.16. The first-order valence-electron chi connectivity index (χ1n) is 7.26. The van der Waals surface area contributed by atoms with Crippen molar-refractivity contribution < 1.29 is 26.6 Å². The number of nitrogens with one attached hydrogen (secondary N) is 3. The van der Waals surface area contributed by atoms with Crippen LogP contribution in [0.1, 0.15) is 27.7 Å². The molecule has 0 heterocycles. The molecule has 0 bridgehead atoms. The lowest BCUT2D eigenvalue weighted by Gasteiger charge is -2.22. The molecule has 0 saturated heterocycles. The smallest absolute Gasteiger partial charge is 0.274 e. The maximum absolute atomic E-state index is 12.5. The fourth-order valence-corrected chi connectivity index (χ4v) is 2.35. The normalized spacial score (nSPS) is 14.6. The van der Waals surface area contributed by atoms with E-state index in [1.807, 2.05) is 27.7 Å². The third-order valence-corrected chi connectivity index (χ3v) is 5.08. The van der Waals surface area contributed by atoms with Crippen LogP contribution < -0.4 is 15.6 Å². The van der Waals surface area contributed by atoms with Crippen molar-refractivity contribution in [2.75, 3.05) is 5.32 Å². The molecule has 0 unspecified atom stereocenters. The minimum absolute atomic E-state index is 0.0410. The Morgan fingerprint density at radius 3 is 2.12 bits per heavy atom. The van der Waals surface area contributed by atoms with Gasteiger partial charge in [-0.1, -0.05) is 20.8 Å². The summed E-state index contributed by atoms with van der Waals surface area (Å²) in [6.45, 7) is 7.88. The van der Waals surface area contributed by atoms with Crippen LogP contribution >= 0.6 is 0 Å². The topological polar surface area (TPSA) is 96.0 Å². The van der Waals surface area contributed by atoms with Gasteiger partial charge in [0.05, 0.1) is 16.6 Å². The monoisotopic (exact) mass is 377 g/mol. The number of hydrogen-bond acceptors (Lipinski definition) is 3. The van der Waals surface area contributed by atoms with Crippen LogP contribution in [0.2, 0.25) is 0 Å². The van der Waals surface area contributed by atoms with E-state index in [4.69, 9.17) is 5.26 Å². The molecule has 3 N–H and O–H groups in total. The van der Waals surface area contributed by atoms with E-state index in [9.17, 15) is 21.6 Å². The van der Waals surface area contributed by atoms with E-state index < -0.39 is 20.2 Å². The van der Waals surface area contributed by atoms with Crippen molar-refractivity contribution in [3.8, 4) is 6.19 Å². The number of benzene rings is 1. The van der Waals surface area contributed by atoms with Gasteiger partial charge in [0.1, 0.15) is 0 Å². The number of halogens is 3. The van der Waals surface area contributed by atoms with Gasteiger partial charge in [0.2, 0.25) is 0 Å². The van der Waals surface area contributed by atoms with Crippen molar-refractivity contribution in [1.82, 2.24) is 5.32 Å². The Morgan fingerprint density at radius 2 is 1.72 bits per heavy atom. The van der Waals surface area contributed by atoms with Crippen LogP contribution in [0.25, 0.3) is 0 Å². The van der Waals surface area contributed by atoms with Crippen molar-refractivity contribution in [3.63, 3.8) is 0 Å². The maximum atomic E-state index is 12.5. The highest BCUT2D eigenvalue weighted by atomic mass is 32.2. The Kier molecular flexibility index (Phi) is 6.07. The molecule has 0 amide bonds. The molecule has 0 aliphatic heterocycles. The van der Waals surface area contributed by atoms with E-state index in [0.717, 1.165) is 12.1 Å². The summed E-state index contributed by atoms with van der Waals surface area (Å²) < 4.78 is 60.2. The largest absolute Gasteiger partial charge is 0.501 e. The Balaban J connectivity index is 3.06. The second-order valence-electron chi connectivity index (χ2n) is 6.44. The summed E-state index contributed by atoms with van der Waals surface area (Å²) in [4.78, 5) is 2.20. The first-order valence-corrected chi connectivity index (χ1v) is 8.74. The molecule has 0 aliphatic rings. The molecule has 10 heteroatoms. The van der Waals surface area contributed by atoms with E-state index in [1.165, 1.54) is 12.1 Å². The SMILES string of the molecule is C[C@H]([NH+]=C(NC#N)Nc1ccc(S(=O)(=O)C(F)(F)F)cc1)C(C)(C)C. The average Bonchev–Trinajstić information content (AvgIpc) is 2.45. The van der Waals surface area contributed by atoms with E-state index in [1.54, 1.807) is 6.19 Å². The second-order valence-corrected chi connectivity index (χ2v) is 8.38. The van der Waals surface area contributed by atoms with Crippen LogP contribution in [0.5, 0.6) is 0 Å². The van der Waals surface area contributed by atoms with Gasteiger partial charge in [-0.2, -0.15) is 23.7 Å². The summed E-state index contributed by atoms with van der Waals surface area (Å²) in [6.07, 6.45) is 1.74. The summed E-state index contributed by atoms with van der Waals surface area (Å²) in [6, 6.07) is 4.02. The minimum Gasteiger partial charge on any atom is -0.274 e. The van der Waals surface area contributed by atoms with Gasteiger partial charge in [-0.15, -0.1) is 0 Å². The maximum Gasteiger partial charge on any atom is 0.501 e. The molecule has 1 aromatic rings. The van der Waals surface area contributed by atoms with E-state index in [0.29, 0.717) is 5.69 Å². The summed E-state index contributed by atoms with van der Waals surface area (Å²) in [5, 5.41) is 14.0. The molecule has 0 aromatic heterocycles. The molecule has 0 saturated carbocycles. The zero-order chi connectivity index (χ0) is 19.5. The van der Waals surface area contributed by atoms with E-state index in [2.05, 4.69) is 15.6 Å². The standard InChI is InChI=1S/C15H19F3N4O2S/c1-10(14(2,3)4)21-13(20-9-19)22-11-5-7-12(8-6-11)25(23,24)15(16,17)18/h5-8,10H,1-4H3,(H2,20,21,22)/p+1/t10-/m0/s1. The van der Waals surface area contributed by atoms with Crippen LogP contribution in [-0.4, -0.2) is 25.9 Å². The molecular formula is C15H20F3N4O2S+. The Labute approximate surface area is 144 Å². The Morgan fingerprint density at radius 1 is 1.20 bits per heavy atom. The molecule has 0 fully saturated rings. The highest BCUT2D eigenvalue weighted by Crippen LogP contribution is 2.30. The number of guanidine groups is 1. The van der Waals surface area contributed by atoms with Crippen molar-refractivity contribution >= 4 is 21.5 Å². The van der Waals surface area contributed by atoms with Gasteiger partial charge in [-0.25, -0.2) is 13.7 Å². The molecule has 138 valence electrons. The zero-order valence-electron chi connectivity index (χ0n) is 14.2. The number of hydrogen-bond donors (Lipinski definition) is 3. The van der Waals surface area contributed by atoms with Gasteiger partial charge >= 0.3 is 11.5 Å². The van der Waals surface area contributed by atoms with Crippen LogP contribution in [0, 0.1) is 16.9 Å². The van der Waals surface area contributed by atoms with Crippen LogP contribution in [-0.2, 0) is 9.84 Å². The first kappa shape index (κ1) is 20.8. The van der Waals surface area contributed by atoms with Crippen LogP contribution in [0.3, 0.4) is 0 Å². The molecule has 0 spiro atoms. The van der Waals surface area contributed by atoms with E-state index in [-0.39, 0.29) is 17.4 Å². The quantitative estimate of drug-likeness (QED) is 0.320. The summed E-state index contributed by atoms with van der Waals surface area (Å²) in [5.74, 6) is 0.233. The Bertz CT molecular complexity index is 773. The van der Waals surface area contributed by atoms with Crippen LogP contribution in [0.15, 0.2) is 29.2 Å². The number of rotatable bonds is 3. The average molecular weight is 377 g/mol. The number of sulfone groups is 1. The van der Waals surface area contributed by atoms with Gasteiger partial charge in [0.25, 0.3) is 16.0 Å². The number of nitrogens with zero attached hydrogens (tertiary/aromatic N) is 1. The van der Waals surface area contributed by atoms with Gasteiger partial charge in [0.15, 0.2) is 0 Å². The van der Waals surface area contributed by atoms with E-state index >= 15 is 0 Å². The second kappa shape index (κ2) is 7.31. The lowest BCUT2D eigenvalue weighted by Crippen LogP contribution is -2.85. The molecule has 1 atom stereocenters. The molecule has 1 rings (SSSR count). The molecule has 0 radical (unpaired) electrons. The third-order valence-electron chi connectivity index (χ3n) is 3.58. The predicted molar refractivity (Wildman–Crippen MR) is 86.9 cm³/mol. The molecular weight excluding hydrogens is 357 g/mol. The molecule has 1 aromatic carbocycles. The van der Waals surface area contributed by atoms with Gasteiger partial charge in [-0.05, 0) is 36.6 Å². The number of anilines is 1. The van der Waals surface area contributed by atoms with Crippen molar-refractivity contribution in [2.45, 2.75) is 44.1 Å². The number of nitriles is 1. The van der Waals surface area contributed by atoms with Gasteiger partial charge < -0.3 is 0 Å². The fraction of sp³-hybridized carbons (Fsp3) is 0.467. The highest BCUT2D eigenvalue weighted by molar-refractivity contribution is 7.92. The molecule has 0 aliphatic carbocycles. The lowest BCUT2D eigenvalue weighted by atomic mass is 9.88. The van der Waals surface area contributed by atoms with Crippen molar-refractivity contribution in [3.05, 3.63) is 24.3 Å². The van der Waals surface area contributed by atoms with Gasteiger partial charge in [-0.3, -0.25) is 4.99 Å². The summed E-state index contributed by atoms with van der Waals surface area (Å²) in [7, 11) is -5.39. The van der Waals surface area contributed by atoms with Gasteiger partial charge in [0, 0.05) is 0 Å². The Hall–Kier alpha value is -2.28. The number of alkyl halides is 3. The fourth-order valence-electron chi connectivity index (χ4n) is 1.59. The summed E-state index contributed by atoms with van der Waals surface area (Å²) >= 11 is 0. The lowest BCUT2D eigenvalue weighted by molar-refractivity contribution is -0.518.